The Morgan fingerprint density at radius 3 is 2.42 bits per heavy atom. The lowest BCUT2D eigenvalue weighted by atomic mass is 10.0. The zero-order valence-electron chi connectivity index (χ0n) is 14.8. The van der Waals surface area contributed by atoms with Crippen LogP contribution in [0.4, 0.5) is 0 Å². The number of nitrogens with zero attached hydrogens (tertiary/aromatic N) is 1. The van der Waals surface area contributed by atoms with Crippen molar-refractivity contribution in [2.75, 3.05) is 0 Å². The van der Waals surface area contributed by atoms with Gasteiger partial charge in [0.05, 0.1) is 0 Å². The van der Waals surface area contributed by atoms with Crippen LogP contribution in [-0.4, -0.2) is 5.71 Å². The van der Waals surface area contributed by atoms with Crippen LogP contribution in [0.5, 0.6) is 0 Å². The van der Waals surface area contributed by atoms with Gasteiger partial charge >= 0.3 is 5.82 Å². The van der Waals surface area contributed by atoms with Gasteiger partial charge in [-0.15, -0.1) is 0 Å². The molecule has 1 heterocycles. The van der Waals surface area contributed by atoms with Crippen LogP contribution in [0.2, 0.25) is 0 Å². The van der Waals surface area contributed by atoms with E-state index in [1.807, 2.05) is 42.5 Å². The second-order valence-electron chi connectivity index (χ2n) is 5.67. The van der Waals surface area contributed by atoms with Crippen LogP contribution in [-0.2, 0) is 0 Å². The minimum Gasteiger partial charge on any atom is -0.391 e. The molecule has 0 saturated carbocycles. The summed E-state index contributed by atoms with van der Waals surface area (Å²) in [5.41, 5.74) is 2.63. The third-order valence-electron chi connectivity index (χ3n) is 3.54. The van der Waals surface area contributed by atoms with Crippen molar-refractivity contribution in [1.29, 1.82) is 0 Å². The first kappa shape index (κ1) is 18.9. The van der Waals surface area contributed by atoms with E-state index in [4.69, 9.17) is 8.83 Å². The standard InChI is InChI=1S/C22H21NO3/c1-6-19-21(26-22(24)25-19)20(23-7-2)18-13-12-16(4)9-8-15(3)10-11-17(5)14-18/h6-15H,1-2,4-5H2,3H3/b9-8-,11-10-,13-12-,18-14-,23-20-. The summed E-state index contributed by atoms with van der Waals surface area (Å²) in [5.74, 6) is -0.199. The second kappa shape index (κ2) is 8.62. The van der Waals surface area contributed by atoms with Gasteiger partial charge in [0.15, 0.2) is 5.76 Å². The first-order chi connectivity index (χ1) is 12.4. The Morgan fingerprint density at radius 1 is 1.08 bits per heavy atom. The van der Waals surface area contributed by atoms with Crippen LogP contribution in [0, 0.1) is 5.92 Å². The third-order valence-corrected chi connectivity index (χ3v) is 3.54. The highest BCUT2D eigenvalue weighted by atomic mass is 16.6. The maximum absolute atomic E-state index is 11.5. The summed E-state index contributed by atoms with van der Waals surface area (Å²) >= 11 is 0. The Kier molecular flexibility index (Phi) is 6.28. The smallest absolute Gasteiger partial charge is 0.391 e. The van der Waals surface area contributed by atoms with E-state index >= 15 is 0 Å². The predicted octanol–water partition coefficient (Wildman–Crippen LogP) is 5.17. The van der Waals surface area contributed by atoms with E-state index in [1.165, 1.54) is 12.3 Å². The van der Waals surface area contributed by atoms with Crippen molar-refractivity contribution >= 4 is 11.8 Å². The van der Waals surface area contributed by atoms with Crippen LogP contribution in [0.1, 0.15) is 18.4 Å². The van der Waals surface area contributed by atoms with Gasteiger partial charge in [-0.25, -0.2) is 4.79 Å². The van der Waals surface area contributed by atoms with Gasteiger partial charge in [0.2, 0.25) is 5.76 Å². The summed E-state index contributed by atoms with van der Waals surface area (Å²) in [6, 6.07) is 0. The molecule has 0 fully saturated rings. The monoisotopic (exact) mass is 347 g/mol. The number of allylic oxidation sites excluding steroid dienone is 10. The molecule has 132 valence electrons. The highest BCUT2D eigenvalue weighted by Gasteiger charge is 2.19. The molecule has 0 saturated heterocycles. The van der Waals surface area contributed by atoms with Crippen LogP contribution in [0.25, 0.3) is 6.08 Å². The van der Waals surface area contributed by atoms with E-state index in [9.17, 15) is 4.79 Å². The van der Waals surface area contributed by atoms with E-state index in [2.05, 4.69) is 38.2 Å². The Morgan fingerprint density at radius 2 is 1.77 bits per heavy atom. The summed E-state index contributed by atoms with van der Waals surface area (Å²) in [6.07, 6.45) is 16.2. The summed E-state index contributed by atoms with van der Waals surface area (Å²) in [7, 11) is 0. The molecule has 0 aliphatic heterocycles. The van der Waals surface area contributed by atoms with E-state index in [0.29, 0.717) is 11.3 Å². The molecular weight excluding hydrogens is 326 g/mol. The van der Waals surface area contributed by atoms with Gasteiger partial charge < -0.3 is 8.83 Å². The summed E-state index contributed by atoms with van der Waals surface area (Å²) in [4.78, 5) is 15.8. The predicted molar refractivity (Wildman–Crippen MR) is 107 cm³/mol. The molecular formula is C22H21NO3. The normalized spacial score (nSPS) is 24.1. The maximum Gasteiger partial charge on any atom is 0.519 e. The van der Waals surface area contributed by atoms with Crippen LogP contribution in [0.15, 0.2) is 110 Å². The topological polar surface area (TPSA) is 55.7 Å². The highest BCUT2D eigenvalue weighted by Crippen LogP contribution is 2.20. The summed E-state index contributed by atoms with van der Waals surface area (Å²) in [5, 5.41) is 0. The van der Waals surface area contributed by atoms with Gasteiger partial charge in [-0.05, 0) is 29.2 Å². The molecule has 26 heavy (non-hydrogen) atoms. The number of hydrogen-bond donors (Lipinski definition) is 0. The lowest BCUT2D eigenvalue weighted by molar-refractivity contribution is 0.382. The van der Waals surface area contributed by atoms with E-state index in [0.717, 1.165) is 11.1 Å². The molecule has 1 atom stereocenters. The zero-order chi connectivity index (χ0) is 19.1. The Bertz CT molecular complexity index is 942. The van der Waals surface area contributed by atoms with Crippen LogP contribution >= 0.6 is 0 Å². The van der Waals surface area contributed by atoms with E-state index in [1.54, 1.807) is 0 Å². The molecule has 0 bridgehead atoms. The first-order valence-corrected chi connectivity index (χ1v) is 8.04. The molecule has 1 aliphatic carbocycles. The molecule has 4 nitrogen and oxygen atoms in total. The number of rotatable bonds is 4. The summed E-state index contributed by atoms with van der Waals surface area (Å²) in [6.45, 7) is 17.4. The SMILES string of the molecule is C=C/N=C(C1=C\C(=C)/C=C\C(C)/C=C\C(=C)/C=C\1)\c1oc(=O)oc1C=C. The van der Waals surface area contributed by atoms with Crippen molar-refractivity contribution < 1.29 is 8.83 Å². The molecule has 0 spiro atoms. The van der Waals surface area contributed by atoms with Crippen molar-refractivity contribution in [1.82, 2.24) is 0 Å². The number of hydrogen-bond acceptors (Lipinski definition) is 4. The third kappa shape index (κ3) is 4.80. The lowest BCUT2D eigenvalue weighted by Gasteiger charge is -2.05. The molecule has 0 amide bonds. The van der Waals surface area contributed by atoms with Gasteiger partial charge in [0.25, 0.3) is 0 Å². The Hall–Kier alpha value is -3.40. The largest absolute Gasteiger partial charge is 0.519 e. The van der Waals surface area contributed by atoms with Crippen molar-refractivity contribution in [3.8, 4) is 0 Å². The first-order valence-electron chi connectivity index (χ1n) is 8.04. The molecule has 0 radical (unpaired) electrons. The molecule has 1 unspecified atom stereocenters. The maximum atomic E-state index is 11.5. The zero-order valence-corrected chi connectivity index (χ0v) is 14.8. The Balaban J connectivity index is 2.64. The fourth-order valence-electron chi connectivity index (χ4n) is 2.26. The van der Waals surface area contributed by atoms with Gasteiger partial charge in [-0.2, -0.15) is 0 Å². The Labute approximate surface area is 152 Å². The minimum absolute atomic E-state index is 0.182. The average molecular weight is 347 g/mol. The van der Waals surface area contributed by atoms with Crippen molar-refractivity contribution in [2.24, 2.45) is 10.9 Å². The van der Waals surface area contributed by atoms with E-state index < -0.39 is 5.82 Å². The lowest BCUT2D eigenvalue weighted by Crippen LogP contribution is -2.05. The fourth-order valence-corrected chi connectivity index (χ4v) is 2.26. The van der Waals surface area contributed by atoms with Gasteiger partial charge in [-0.1, -0.05) is 69.7 Å². The molecule has 0 aromatic carbocycles. The van der Waals surface area contributed by atoms with Gasteiger partial charge in [-0.3, -0.25) is 4.99 Å². The molecule has 1 aromatic rings. The molecule has 0 N–H and O–H groups in total. The van der Waals surface area contributed by atoms with Crippen molar-refractivity contribution in [2.45, 2.75) is 6.92 Å². The minimum atomic E-state index is -0.826. The molecule has 1 aliphatic rings. The quantitative estimate of drug-likeness (QED) is 0.706. The fraction of sp³-hybridized carbons (Fsp3) is 0.0909. The molecule has 4 heteroatoms. The number of aliphatic imine (C=N–C) groups is 1. The molecule has 1 aromatic heterocycles. The second-order valence-corrected chi connectivity index (χ2v) is 5.67. The highest BCUT2D eigenvalue weighted by molar-refractivity contribution is 6.14. The van der Waals surface area contributed by atoms with Gasteiger partial charge in [0, 0.05) is 11.8 Å². The van der Waals surface area contributed by atoms with Crippen LogP contribution < -0.4 is 5.82 Å². The van der Waals surface area contributed by atoms with E-state index in [-0.39, 0.29) is 17.4 Å². The van der Waals surface area contributed by atoms with Crippen molar-refractivity contribution in [3.63, 3.8) is 0 Å². The van der Waals surface area contributed by atoms with Gasteiger partial charge in [0.1, 0.15) is 5.71 Å². The van der Waals surface area contributed by atoms with Crippen LogP contribution in [0.3, 0.4) is 0 Å². The summed E-state index contributed by atoms with van der Waals surface area (Å²) < 4.78 is 10.2. The molecule has 2 rings (SSSR count). The van der Waals surface area contributed by atoms with Crippen molar-refractivity contribution in [3.05, 3.63) is 114 Å². The average Bonchev–Trinajstić information content (AvgIpc) is 2.98.